The molecule has 0 bridgehead atoms. The molecule has 0 radical (unpaired) electrons. The van der Waals surface area contributed by atoms with Crippen LogP contribution in [0.3, 0.4) is 0 Å². The van der Waals surface area contributed by atoms with E-state index in [0.29, 0.717) is 79.0 Å². The van der Waals surface area contributed by atoms with Gasteiger partial charge in [0.15, 0.2) is 0 Å². The fraction of sp³-hybridized carbons (Fsp3) is 0.450. The molecule has 6 heterocycles. The molecular formula is C40H48N8O6. The van der Waals surface area contributed by atoms with Crippen molar-refractivity contribution in [2.75, 3.05) is 47.8 Å². The Morgan fingerprint density at radius 3 is 2.41 bits per heavy atom. The molecule has 1 aliphatic carbocycles. The van der Waals surface area contributed by atoms with Crippen molar-refractivity contribution in [3.05, 3.63) is 81.8 Å². The first-order chi connectivity index (χ1) is 25.6. The Morgan fingerprint density at radius 2 is 1.72 bits per heavy atom. The van der Waals surface area contributed by atoms with E-state index >= 15 is 0 Å². The number of nitrogens with one attached hydrogen (secondary N) is 1. The summed E-state index contributed by atoms with van der Waals surface area (Å²) in [6.45, 7) is 14.7. The van der Waals surface area contributed by atoms with Gasteiger partial charge in [-0.3, -0.25) is 19.3 Å². The molecule has 4 aromatic rings. The van der Waals surface area contributed by atoms with E-state index in [1.807, 2.05) is 39.0 Å². The molecule has 0 saturated carbocycles. The molecule has 0 atom stereocenters. The van der Waals surface area contributed by atoms with Crippen molar-refractivity contribution < 1.29 is 23.9 Å². The minimum absolute atomic E-state index is 0.107. The molecule has 54 heavy (non-hydrogen) atoms. The van der Waals surface area contributed by atoms with E-state index in [1.54, 1.807) is 47.6 Å². The lowest BCUT2D eigenvalue weighted by Gasteiger charge is -2.36. The Bertz CT molecular complexity index is 2170. The smallest absolute Gasteiger partial charge is 0.410 e. The van der Waals surface area contributed by atoms with Crippen molar-refractivity contribution >= 4 is 41.0 Å². The van der Waals surface area contributed by atoms with Gasteiger partial charge in [0.25, 0.3) is 11.5 Å². The number of hydrogen-bond donors (Lipinski definition) is 1. The second-order valence-electron chi connectivity index (χ2n) is 16.1. The summed E-state index contributed by atoms with van der Waals surface area (Å²) >= 11 is 0. The molecule has 1 fully saturated rings. The van der Waals surface area contributed by atoms with Crippen molar-refractivity contribution in [2.45, 2.75) is 73.1 Å². The van der Waals surface area contributed by atoms with Gasteiger partial charge in [-0.15, -0.1) is 0 Å². The molecule has 0 aromatic carbocycles. The fourth-order valence-electron chi connectivity index (χ4n) is 7.62. The van der Waals surface area contributed by atoms with Gasteiger partial charge in [-0.25, -0.2) is 14.8 Å². The standard InChI is InChI=1S/C40H48N8O6/c1-25(49)53-24-30-29(10-11-41-35(30)48-17-16-47-32(37(48)51)19-26-20-40(5,6)21-33(26)47)27-18-31(36(50)44(7)23-27)43-34-9-8-28(22-42-34)45-12-14-46(15-13-45)38(52)54-39(2,3)4/h8-11,18-19,22-23H,12-17,20-21,24H2,1-7H3,(H,42,43). The SMILES string of the molecule is CC(=O)OCc1c(-c2cc(Nc3ccc(N4CCN(C(=O)OC(C)(C)C)CC4)cn3)c(=O)n(C)c2)ccnc1N1CCn2c(cc3c2CC(C)(C)C3)C1=O. The third kappa shape index (κ3) is 7.42. The van der Waals surface area contributed by atoms with Crippen LogP contribution in [0.4, 0.5) is 27.8 Å². The molecule has 3 aliphatic rings. The minimum Gasteiger partial charge on any atom is -0.461 e. The summed E-state index contributed by atoms with van der Waals surface area (Å²) in [5, 5.41) is 3.19. The quantitative estimate of drug-likeness (QED) is 0.249. The average molecular weight is 737 g/mol. The number of aromatic nitrogens is 4. The molecule has 14 nitrogen and oxygen atoms in total. The predicted molar refractivity (Wildman–Crippen MR) is 205 cm³/mol. The summed E-state index contributed by atoms with van der Waals surface area (Å²) < 4.78 is 14.7. The molecule has 14 heteroatoms. The van der Waals surface area contributed by atoms with Crippen LogP contribution in [0.2, 0.25) is 0 Å². The monoisotopic (exact) mass is 736 g/mol. The van der Waals surface area contributed by atoms with Gasteiger partial charge in [0.2, 0.25) is 0 Å². The zero-order valence-electron chi connectivity index (χ0n) is 32.1. The van der Waals surface area contributed by atoms with Gasteiger partial charge in [0.05, 0.1) is 11.9 Å². The lowest BCUT2D eigenvalue weighted by atomic mass is 9.90. The van der Waals surface area contributed by atoms with Gasteiger partial charge >= 0.3 is 12.1 Å². The van der Waals surface area contributed by atoms with Crippen LogP contribution < -0.4 is 20.7 Å². The maximum atomic E-state index is 14.1. The Kier molecular flexibility index (Phi) is 9.48. The normalized spacial score (nSPS) is 16.6. The minimum atomic E-state index is -0.547. The van der Waals surface area contributed by atoms with Crippen molar-refractivity contribution in [2.24, 2.45) is 12.5 Å². The Hall–Kier alpha value is -5.66. The van der Waals surface area contributed by atoms with Crippen molar-refractivity contribution in [3.63, 3.8) is 0 Å². The van der Waals surface area contributed by atoms with Crippen LogP contribution in [0.1, 0.15) is 68.9 Å². The fourth-order valence-corrected chi connectivity index (χ4v) is 7.62. The molecule has 0 unspecified atom stereocenters. The number of anilines is 4. The maximum absolute atomic E-state index is 14.1. The van der Waals surface area contributed by atoms with E-state index in [9.17, 15) is 19.2 Å². The largest absolute Gasteiger partial charge is 0.461 e. The number of fused-ring (bicyclic) bond motifs is 3. The van der Waals surface area contributed by atoms with Gasteiger partial charge in [-0.1, -0.05) is 13.8 Å². The summed E-state index contributed by atoms with van der Waals surface area (Å²) in [5.74, 6) is 0.285. The lowest BCUT2D eigenvalue weighted by molar-refractivity contribution is -0.142. The number of aryl methyl sites for hydroxylation is 1. The first-order valence-electron chi connectivity index (χ1n) is 18.4. The van der Waals surface area contributed by atoms with E-state index in [0.717, 1.165) is 18.5 Å². The second-order valence-corrected chi connectivity index (χ2v) is 16.1. The van der Waals surface area contributed by atoms with Gasteiger partial charge in [-0.05, 0) is 80.5 Å². The summed E-state index contributed by atoms with van der Waals surface area (Å²) in [6.07, 6.45) is 6.64. The molecule has 4 aromatic heterocycles. The van der Waals surface area contributed by atoms with Crippen LogP contribution >= 0.6 is 0 Å². The number of esters is 1. The second kappa shape index (κ2) is 14.0. The van der Waals surface area contributed by atoms with Crippen LogP contribution in [-0.2, 0) is 47.3 Å². The molecule has 7 rings (SSSR count). The third-order valence-electron chi connectivity index (χ3n) is 10.1. The number of piperazine rings is 1. The van der Waals surface area contributed by atoms with Crippen LogP contribution in [0.25, 0.3) is 11.1 Å². The van der Waals surface area contributed by atoms with Gasteiger partial charge in [-0.2, -0.15) is 0 Å². The number of amides is 2. The van der Waals surface area contributed by atoms with E-state index in [2.05, 4.69) is 38.6 Å². The highest BCUT2D eigenvalue weighted by atomic mass is 16.6. The first kappa shape index (κ1) is 36.7. The van der Waals surface area contributed by atoms with Crippen molar-refractivity contribution in [1.29, 1.82) is 0 Å². The topological polar surface area (TPSA) is 144 Å². The lowest BCUT2D eigenvalue weighted by Crippen LogP contribution is -2.50. The highest BCUT2D eigenvalue weighted by Gasteiger charge is 2.38. The zero-order valence-corrected chi connectivity index (χ0v) is 32.1. The number of pyridine rings is 3. The summed E-state index contributed by atoms with van der Waals surface area (Å²) in [5.41, 5.74) is 5.56. The first-order valence-corrected chi connectivity index (χ1v) is 18.4. The van der Waals surface area contributed by atoms with Crippen molar-refractivity contribution in [3.8, 4) is 11.1 Å². The summed E-state index contributed by atoms with van der Waals surface area (Å²) in [7, 11) is 1.67. The number of carbonyl (C=O) groups excluding carboxylic acids is 3. The molecule has 1 saturated heterocycles. The van der Waals surface area contributed by atoms with Crippen LogP contribution in [0, 0.1) is 5.41 Å². The van der Waals surface area contributed by atoms with Crippen LogP contribution in [0.5, 0.6) is 0 Å². The Morgan fingerprint density at radius 1 is 0.963 bits per heavy atom. The maximum Gasteiger partial charge on any atom is 0.410 e. The predicted octanol–water partition coefficient (Wildman–Crippen LogP) is 5.29. The number of rotatable bonds is 7. The molecule has 1 N–H and O–H groups in total. The number of nitrogens with zero attached hydrogens (tertiary/aromatic N) is 7. The van der Waals surface area contributed by atoms with Gasteiger partial charge in [0.1, 0.15) is 35.2 Å². The number of ether oxygens (including phenoxy) is 2. The molecule has 2 amide bonds. The average Bonchev–Trinajstić information content (AvgIpc) is 3.61. The molecule has 284 valence electrons. The van der Waals surface area contributed by atoms with Crippen LogP contribution in [-0.4, -0.2) is 80.3 Å². The van der Waals surface area contributed by atoms with E-state index in [-0.39, 0.29) is 29.6 Å². The summed E-state index contributed by atoms with van der Waals surface area (Å²) in [4.78, 5) is 66.8. The number of hydrogen-bond acceptors (Lipinski definition) is 10. The van der Waals surface area contributed by atoms with E-state index < -0.39 is 11.6 Å². The Labute approximate surface area is 314 Å². The Balaban J connectivity index is 1.13. The zero-order chi connectivity index (χ0) is 38.5. The van der Waals surface area contributed by atoms with Crippen LogP contribution in [0.15, 0.2) is 53.7 Å². The number of carbonyl (C=O) groups is 3. The third-order valence-corrected chi connectivity index (χ3v) is 10.1. The van der Waals surface area contributed by atoms with E-state index in [1.165, 1.54) is 22.7 Å². The molecule has 0 spiro atoms. The summed E-state index contributed by atoms with van der Waals surface area (Å²) in [6, 6.07) is 9.30. The van der Waals surface area contributed by atoms with E-state index in [4.69, 9.17) is 9.47 Å². The van der Waals surface area contributed by atoms with Crippen molar-refractivity contribution in [1.82, 2.24) is 24.0 Å². The highest BCUT2D eigenvalue weighted by molar-refractivity contribution is 6.06. The molecule has 2 aliphatic heterocycles. The van der Waals surface area contributed by atoms with Gasteiger partial charge in [0, 0.05) is 82.5 Å². The van der Waals surface area contributed by atoms with Gasteiger partial charge < -0.3 is 33.7 Å². The molecular weight excluding hydrogens is 688 g/mol. The highest BCUT2D eigenvalue weighted by Crippen LogP contribution is 2.40.